The van der Waals surface area contributed by atoms with E-state index in [2.05, 4.69) is 15.9 Å². The van der Waals surface area contributed by atoms with E-state index in [-0.39, 0.29) is 23.3 Å². The van der Waals surface area contributed by atoms with Gasteiger partial charge in [-0.3, -0.25) is 4.79 Å². The van der Waals surface area contributed by atoms with Crippen molar-refractivity contribution < 1.29 is 17.5 Å². The van der Waals surface area contributed by atoms with E-state index in [0.29, 0.717) is 5.33 Å². The molecule has 25 heavy (non-hydrogen) atoms. The molecule has 0 N–H and O–H groups in total. The lowest BCUT2D eigenvalue weighted by molar-refractivity contribution is -0.185. The molecular weight excluding hydrogens is 406 g/mol. The van der Waals surface area contributed by atoms with Crippen LogP contribution in [0, 0.1) is 0 Å². The average molecular weight is 422 g/mol. The van der Waals surface area contributed by atoms with Crippen LogP contribution in [0.1, 0.15) is 17.5 Å². The smallest absolute Gasteiger partial charge is 0.272 e. The van der Waals surface area contributed by atoms with Gasteiger partial charge in [-0.15, -0.1) is 4.28 Å². The molecule has 0 spiro atoms. The first-order chi connectivity index (χ1) is 12.0. The second-order valence-electron chi connectivity index (χ2n) is 5.57. The first kappa shape index (κ1) is 17.8. The minimum Gasteiger partial charge on any atom is -0.272 e. The Morgan fingerprint density at radius 2 is 1.64 bits per heavy atom. The standard InChI is InChI=1S/C18H16BrNO4S/c19-13-16-12-18(21)20(16)24-25(22,23)17-10-8-15(9-11-17)7-6-14-4-2-1-3-5-14/h1-11,16H,12-13H2/b7-6+. The molecule has 0 aliphatic carbocycles. The third-order valence-electron chi connectivity index (χ3n) is 3.78. The Morgan fingerprint density at radius 3 is 2.20 bits per heavy atom. The molecule has 1 aliphatic heterocycles. The van der Waals surface area contributed by atoms with Crippen molar-refractivity contribution in [3.05, 3.63) is 65.7 Å². The monoisotopic (exact) mass is 421 g/mol. The van der Waals surface area contributed by atoms with Crippen molar-refractivity contribution in [1.82, 2.24) is 5.06 Å². The molecule has 2 aromatic rings. The van der Waals surface area contributed by atoms with E-state index in [1.54, 1.807) is 12.1 Å². The third kappa shape index (κ3) is 4.18. The predicted octanol–water partition coefficient (Wildman–Crippen LogP) is 3.47. The Balaban J connectivity index is 1.71. The molecule has 1 saturated heterocycles. The molecule has 5 nitrogen and oxygen atoms in total. The van der Waals surface area contributed by atoms with Crippen molar-refractivity contribution in [2.75, 3.05) is 5.33 Å². The van der Waals surface area contributed by atoms with Gasteiger partial charge in [0, 0.05) is 5.33 Å². The first-order valence-corrected chi connectivity index (χ1v) is 10.2. The number of hydrogen-bond acceptors (Lipinski definition) is 4. The van der Waals surface area contributed by atoms with E-state index in [4.69, 9.17) is 4.28 Å². The molecule has 0 bridgehead atoms. The quantitative estimate of drug-likeness (QED) is 0.406. The molecule has 1 atom stereocenters. The fraction of sp³-hybridized carbons (Fsp3) is 0.167. The van der Waals surface area contributed by atoms with Gasteiger partial charge in [-0.2, -0.15) is 13.5 Å². The molecule has 3 rings (SSSR count). The Morgan fingerprint density at radius 1 is 1.04 bits per heavy atom. The van der Waals surface area contributed by atoms with Gasteiger partial charge in [0.15, 0.2) is 0 Å². The summed E-state index contributed by atoms with van der Waals surface area (Å²) in [4.78, 5) is 11.5. The third-order valence-corrected chi connectivity index (χ3v) is 5.73. The summed E-state index contributed by atoms with van der Waals surface area (Å²) in [6.07, 6.45) is 4.12. The lowest BCUT2D eigenvalue weighted by atomic mass is 10.1. The SMILES string of the molecule is O=C1CC(CBr)N1OS(=O)(=O)c1ccc(/C=C/c2ccccc2)cc1. The number of β-lactam (4-membered cyclic amide) rings is 1. The van der Waals surface area contributed by atoms with Gasteiger partial charge in [0.1, 0.15) is 0 Å². The Bertz CT molecular complexity index is 879. The van der Waals surface area contributed by atoms with Gasteiger partial charge < -0.3 is 0 Å². The lowest BCUT2D eigenvalue weighted by Gasteiger charge is -2.36. The van der Waals surface area contributed by atoms with E-state index >= 15 is 0 Å². The van der Waals surface area contributed by atoms with Gasteiger partial charge in [0.05, 0.1) is 17.4 Å². The van der Waals surface area contributed by atoms with Crippen molar-refractivity contribution in [3.8, 4) is 0 Å². The highest BCUT2D eigenvalue weighted by atomic mass is 79.9. The predicted molar refractivity (Wildman–Crippen MR) is 99.1 cm³/mol. The number of benzene rings is 2. The zero-order valence-corrected chi connectivity index (χ0v) is 15.6. The Hall–Kier alpha value is -1.96. The first-order valence-electron chi connectivity index (χ1n) is 7.65. The number of halogens is 1. The molecule has 7 heteroatoms. The molecule has 0 saturated carbocycles. The van der Waals surface area contributed by atoms with E-state index in [9.17, 15) is 13.2 Å². The number of carbonyl (C=O) groups excluding carboxylic acids is 1. The molecule has 130 valence electrons. The fourth-order valence-corrected chi connectivity index (χ4v) is 3.80. The minimum atomic E-state index is -4.02. The van der Waals surface area contributed by atoms with Gasteiger partial charge in [-0.1, -0.05) is 70.5 Å². The number of hydrogen-bond donors (Lipinski definition) is 0. The number of rotatable bonds is 6. The molecule has 0 aromatic heterocycles. The number of amides is 1. The average Bonchev–Trinajstić information content (AvgIpc) is 2.64. The molecule has 1 amide bonds. The maximum atomic E-state index is 12.3. The van der Waals surface area contributed by atoms with Crippen LogP contribution in [0.5, 0.6) is 0 Å². The summed E-state index contributed by atoms with van der Waals surface area (Å²) < 4.78 is 29.5. The summed E-state index contributed by atoms with van der Waals surface area (Å²) in [6, 6.07) is 15.9. The van der Waals surface area contributed by atoms with Gasteiger partial charge in [0.2, 0.25) is 5.91 Å². The van der Waals surface area contributed by atoms with Crippen LogP contribution in [0.15, 0.2) is 59.5 Å². The van der Waals surface area contributed by atoms with E-state index < -0.39 is 10.1 Å². The van der Waals surface area contributed by atoms with Crippen molar-refractivity contribution in [1.29, 1.82) is 0 Å². The second-order valence-corrected chi connectivity index (χ2v) is 7.75. The second kappa shape index (κ2) is 7.51. The zero-order valence-electron chi connectivity index (χ0n) is 13.2. The van der Waals surface area contributed by atoms with Gasteiger partial charge in [0.25, 0.3) is 0 Å². The maximum absolute atomic E-state index is 12.3. The van der Waals surface area contributed by atoms with E-state index in [0.717, 1.165) is 16.2 Å². The Kier molecular flexibility index (Phi) is 5.36. The van der Waals surface area contributed by atoms with Gasteiger partial charge in [-0.25, -0.2) is 0 Å². The van der Waals surface area contributed by atoms with E-state index in [1.807, 2.05) is 42.5 Å². The van der Waals surface area contributed by atoms with Crippen LogP contribution in [0.4, 0.5) is 0 Å². The van der Waals surface area contributed by atoms with Gasteiger partial charge in [-0.05, 0) is 23.3 Å². The topological polar surface area (TPSA) is 63.7 Å². The van der Waals surface area contributed by atoms with Crippen LogP contribution >= 0.6 is 15.9 Å². The molecule has 0 radical (unpaired) electrons. The van der Waals surface area contributed by atoms with Crippen LogP contribution in [0.25, 0.3) is 12.2 Å². The Labute approximate surface area is 155 Å². The minimum absolute atomic E-state index is 0.0115. The van der Waals surface area contributed by atoms with Crippen LogP contribution in [-0.4, -0.2) is 30.8 Å². The summed E-state index contributed by atoms with van der Waals surface area (Å²) >= 11 is 3.23. The molecule has 1 heterocycles. The lowest BCUT2D eigenvalue weighted by Crippen LogP contribution is -2.53. The highest BCUT2D eigenvalue weighted by molar-refractivity contribution is 9.09. The highest BCUT2D eigenvalue weighted by Gasteiger charge is 2.40. The summed E-state index contributed by atoms with van der Waals surface area (Å²) in [5, 5.41) is 1.38. The molecule has 1 fully saturated rings. The summed E-state index contributed by atoms with van der Waals surface area (Å²) in [7, 11) is -4.02. The van der Waals surface area contributed by atoms with Crippen LogP contribution < -0.4 is 0 Å². The van der Waals surface area contributed by atoms with Crippen LogP contribution in [0.2, 0.25) is 0 Å². The zero-order chi connectivity index (χ0) is 17.9. The van der Waals surface area contributed by atoms with Crippen LogP contribution in [-0.2, 0) is 19.2 Å². The van der Waals surface area contributed by atoms with Crippen molar-refractivity contribution in [3.63, 3.8) is 0 Å². The summed E-state index contributed by atoms with van der Waals surface area (Å²) in [5.74, 6) is -0.338. The van der Waals surface area contributed by atoms with E-state index in [1.165, 1.54) is 12.1 Å². The number of carbonyl (C=O) groups is 1. The van der Waals surface area contributed by atoms with Crippen molar-refractivity contribution in [2.24, 2.45) is 0 Å². The largest absolute Gasteiger partial charge is 0.317 e. The molecule has 2 aromatic carbocycles. The molecule has 1 unspecified atom stereocenters. The van der Waals surface area contributed by atoms with Crippen molar-refractivity contribution in [2.45, 2.75) is 17.4 Å². The summed E-state index contributed by atoms with van der Waals surface area (Å²) in [6.45, 7) is 0. The highest BCUT2D eigenvalue weighted by Crippen LogP contribution is 2.25. The fourth-order valence-electron chi connectivity index (χ4n) is 2.34. The number of alkyl halides is 1. The van der Waals surface area contributed by atoms with Crippen LogP contribution in [0.3, 0.4) is 0 Å². The summed E-state index contributed by atoms with van der Waals surface area (Å²) in [5.41, 5.74) is 1.92. The normalized spacial score (nSPS) is 17.7. The van der Waals surface area contributed by atoms with Gasteiger partial charge >= 0.3 is 10.1 Å². The number of nitrogens with zero attached hydrogens (tertiary/aromatic N) is 1. The molecular formula is C18H16BrNO4S. The molecule has 1 aliphatic rings. The van der Waals surface area contributed by atoms with Crippen molar-refractivity contribution >= 4 is 44.1 Å². The maximum Gasteiger partial charge on any atom is 0.317 e. The number of hydroxylamine groups is 2.